The largest absolute Gasteiger partial charge is 0.322 e. The molecule has 1 aromatic rings. The second-order valence-electron chi connectivity index (χ2n) is 8.66. The molecule has 1 unspecified atom stereocenters. The summed E-state index contributed by atoms with van der Waals surface area (Å²) in [6, 6.07) is 5.35. The highest BCUT2D eigenvalue weighted by Crippen LogP contribution is 2.32. The van der Waals surface area contributed by atoms with E-state index in [1.165, 1.54) is 25.1 Å². The van der Waals surface area contributed by atoms with Crippen LogP contribution in [0.3, 0.4) is 0 Å². The molecule has 2 N–H and O–H groups in total. The highest BCUT2D eigenvalue weighted by Gasteiger charge is 2.40. The van der Waals surface area contributed by atoms with E-state index in [0.29, 0.717) is 18.5 Å². The van der Waals surface area contributed by atoms with Gasteiger partial charge in [-0.25, -0.2) is 0 Å². The summed E-state index contributed by atoms with van der Waals surface area (Å²) in [5, 5.41) is 5.70. The molecule has 3 amide bonds. The van der Waals surface area contributed by atoms with E-state index in [-0.39, 0.29) is 24.1 Å². The first kappa shape index (κ1) is 17.8. The molecule has 3 fully saturated rings. The summed E-state index contributed by atoms with van der Waals surface area (Å²) in [5.41, 5.74) is 2.94. The summed E-state index contributed by atoms with van der Waals surface area (Å²) in [5.74, 6) is 0.953. The number of carbonyl (C=O) groups is 3. The van der Waals surface area contributed by atoms with Crippen LogP contribution in [0, 0.1) is 11.8 Å². The van der Waals surface area contributed by atoms with Crippen molar-refractivity contribution in [2.45, 2.75) is 38.4 Å². The van der Waals surface area contributed by atoms with Crippen molar-refractivity contribution in [1.29, 1.82) is 0 Å². The van der Waals surface area contributed by atoms with Crippen LogP contribution in [0.4, 0.5) is 0 Å². The molecule has 0 bridgehead atoms. The maximum atomic E-state index is 12.9. The van der Waals surface area contributed by atoms with Crippen LogP contribution in [-0.2, 0) is 22.7 Å². The van der Waals surface area contributed by atoms with Gasteiger partial charge in [-0.1, -0.05) is 12.1 Å². The number of fused-ring (bicyclic) bond motifs is 1. The van der Waals surface area contributed by atoms with Gasteiger partial charge in [0, 0.05) is 38.2 Å². The van der Waals surface area contributed by atoms with Gasteiger partial charge >= 0.3 is 0 Å². The Morgan fingerprint density at radius 3 is 2.61 bits per heavy atom. The number of imide groups is 1. The highest BCUT2D eigenvalue weighted by atomic mass is 16.2. The Morgan fingerprint density at radius 1 is 1.07 bits per heavy atom. The molecule has 4 heterocycles. The average Bonchev–Trinajstić information content (AvgIpc) is 2.93. The molecule has 7 heteroatoms. The standard InChI is InChI=1S/C21H26N4O3/c26-19-5-4-18(20(27)23-19)25-12-17-15(2-1-3-16(17)21(25)28)11-24-9-14(10-24)6-13-7-22-8-13/h1-3,13-14,18,22H,4-12H2,(H,23,26,27). The number of rotatable bonds is 5. The minimum absolute atomic E-state index is 0.0923. The highest BCUT2D eigenvalue weighted by molar-refractivity contribution is 6.05. The van der Waals surface area contributed by atoms with Crippen LogP contribution in [0.2, 0.25) is 0 Å². The Morgan fingerprint density at radius 2 is 1.89 bits per heavy atom. The number of hydrogen-bond acceptors (Lipinski definition) is 5. The lowest BCUT2D eigenvalue weighted by Crippen LogP contribution is -2.52. The van der Waals surface area contributed by atoms with Crippen LogP contribution in [0.1, 0.15) is 40.7 Å². The molecule has 148 valence electrons. The predicted molar refractivity (Wildman–Crippen MR) is 102 cm³/mol. The Labute approximate surface area is 164 Å². The molecule has 0 aliphatic carbocycles. The summed E-state index contributed by atoms with van der Waals surface area (Å²) in [7, 11) is 0. The van der Waals surface area contributed by atoms with Gasteiger partial charge in [0.25, 0.3) is 5.91 Å². The van der Waals surface area contributed by atoms with Gasteiger partial charge in [-0.2, -0.15) is 0 Å². The van der Waals surface area contributed by atoms with Crippen molar-refractivity contribution in [2.24, 2.45) is 11.8 Å². The smallest absolute Gasteiger partial charge is 0.255 e. The van der Waals surface area contributed by atoms with Crippen molar-refractivity contribution in [2.75, 3.05) is 26.2 Å². The molecule has 0 radical (unpaired) electrons. The third-order valence-corrected chi connectivity index (χ3v) is 6.64. The summed E-state index contributed by atoms with van der Waals surface area (Å²) in [4.78, 5) is 40.6. The first-order valence-electron chi connectivity index (χ1n) is 10.3. The van der Waals surface area contributed by atoms with E-state index in [2.05, 4.69) is 21.6 Å². The van der Waals surface area contributed by atoms with Gasteiger partial charge in [-0.15, -0.1) is 0 Å². The van der Waals surface area contributed by atoms with Gasteiger partial charge in [0.1, 0.15) is 6.04 Å². The van der Waals surface area contributed by atoms with Crippen molar-refractivity contribution in [3.8, 4) is 0 Å². The first-order valence-corrected chi connectivity index (χ1v) is 10.3. The Kier molecular flexibility index (Phi) is 4.44. The number of carbonyl (C=O) groups excluding carboxylic acids is 3. The molecule has 3 saturated heterocycles. The second-order valence-corrected chi connectivity index (χ2v) is 8.66. The van der Waals surface area contributed by atoms with Crippen LogP contribution in [0.25, 0.3) is 0 Å². The number of hydrogen-bond donors (Lipinski definition) is 2. The van der Waals surface area contributed by atoms with Gasteiger partial charge in [0.15, 0.2) is 0 Å². The summed E-state index contributed by atoms with van der Waals surface area (Å²) in [6.45, 7) is 5.92. The number of nitrogens with one attached hydrogen (secondary N) is 2. The van der Waals surface area contributed by atoms with Crippen LogP contribution in [-0.4, -0.2) is 59.7 Å². The fourth-order valence-corrected chi connectivity index (χ4v) is 4.98. The van der Waals surface area contributed by atoms with E-state index >= 15 is 0 Å². The first-order chi connectivity index (χ1) is 13.6. The molecule has 28 heavy (non-hydrogen) atoms. The molecule has 0 spiro atoms. The fraction of sp³-hybridized carbons (Fsp3) is 0.571. The maximum Gasteiger partial charge on any atom is 0.255 e. The lowest BCUT2D eigenvalue weighted by atomic mass is 9.85. The monoisotopic (exact) mass is 382 g/mol. The summed E-state index contributed by atoms with van der Waals surface area (Å²) in [6.07, 6.45) is 2.01. The van der Waals surface area contributed by atoms with Crippen LogP contribution in [0.5, 0.6) is 0 Å². The van der Waals surface area contributed by atoms with E-state index in [4.69, 9.17) is 0 Å². The maximum absolute atomic E-state index is 12.9. The average molecular weight is 382 g/mol. The van der Waals surface area contributed by atoms with Crippen molar-refractivity contribution < 1.29 is 14.4 Å². The number of benzene rings is 1. The van der Waals surface area contributed by atoms with Crippen LogP contribution >= 0.6 is 0 Å². The van der Waals surface area contributed by atoms with Crippen molar-refractivity contribution in [1.82, 2.24) is 20.4 Å². The lowest BCUT2D eigenvalue weighted by molar-refractivity contribution is -0.136. The van der Waals surface area contributed by atoms with E-state index in [0.717, 1.165) is 37.0 Å². The SMILES string of the molecule is O=C1CCC(N2Cc3c(CN4CC(CC5CNC5)C4)cccc3C2=O)C(=O)N1. The number of amides is 3. The Bertz CT molecular complexity index is 829. The second kappa shape index (κ2) is 6.97. The summed E-state index contributed by atoms with van der Waals surface area (Å²) >= 11 is 0. The minimum atomic E-state index is -0.546. The molecule has 1 aromatic carbocycles. The van der Waals surface area contributed by atoms with Crippen molar-refractivity contribution >= 4 is 17.7 Å². The van der Waals surface area contributed by atoms with Crippen molar-refractivity contribution in [3.05, 3.63) is 34.9 Å². The molecular formula is C21H26N4O3. The Hall–Kier alpha value is -2.25. The molecule has 4 aliphatic rings. The zero-order valence-electron chi connectivity index (χ0n) is 15.9. The minimum Gasteiger partial charge on any atom is -0.322 e. The van der Waals surface area contributed by atoms with Gasteiger partial charge in [-0.3, -0.25) is 24.6 Å². The van der Waals surface area contributed by atoms with Gasteiger partial charge < -0.3 is 10.2 Å². The predicted octanol–water partition coefficient (Wildman–Crippen LogP) is 0.489. The third kappa shape index (κ3) is 3.12. The molecular weight excluding hydrogens is 356 g/mol. The molecule has 0 saturated carbocycles. The zero-order valence-corrected chi connectivity index (χ0v) is 15.9. The van der Waals surface area contributed by atoms with E-state index in [1.54, 1.807) is 4.90 Å². The van der Waals surface area contributed by atoms with Crippen molar-refractivity contribution in [3.63, 3.8) is 0 Å². The summed E-state index contributed by atoms with van der Waals surface area (Å²) < 4.78 is 0. The zero-order chi connectivity index (χ0) is 19.3. The molecule has 7 nitrogen and oxygen atoms in total. The topological polar surface area (TPSA) is 81.8 Å². The van der Waals surface area contributed by atoms with Gasteiger partial charge in [0.05, 0.1) is 0 Å². The Balaban J connectivity index is 1.25. The van der Waals surface area contributed by atoms with Gasteiger partial charge in [-0.05, 0) is 55.0 Å². The normalized spacial score (nSPS) is 26.1. The number of nitrogens with zero attached hydrogens (tertiary/aromatic N) is 2. The molecule has 0 aromatic heterocycles. The van der Waals surface area contributed by atoms with E-state index < -0.39 is 6.04 Å². The molecule has 4 aliphatic heterocycles. The number of likely N-dealkylation sites (tertiary alicyclic amines) is 1. The van der Waals surface area contributed by atoms with E-state index in [1.807, 2.05) is 12.1 Å². The molecule has 1 atom stereocenters. The number of piperidine rings is 1. The quantitative estimate of drug-likeness (QED) is 0.725. The lowest BCUT2D eigenvalue weighted by Gasteiger charge is -2.43. The third-order valence-electron chi connectivity index (χ3n) is 6.64. The van der Waals surface area contributed by atoms with Crippen LogP contribution in [0.15, 0.2) is 18.2 Å². The van der Waals surface area contributed by atoms with Crippen LogP contribution < -0.4 is 10.6 Å². The fourth-order valence-electron chi connectivity index (χ4n) is 4.98. The molecule has 5 rings (SSSR count). The van der Waals surface area contributed by atoms with Gasteiger partial charge in [0.2, 0.25) is 11.8 Å². The van der Waals surface area contributed by atoms with E-state index in [9.17, 15) is 14.4 Å².